The Bertz CT molecular complexity index is 1150. The van der Waals surface area contributed by atoms with Gasteiger partial charge in [0.15, 0.2) is 6.61 Å². The first kappa shape index (κ1) is 21.3. The van der Waals surface area contributed by atoms with Crippen LogP contribution in [0.3, 0.4) is 0 Å². The van der Waals surface area contributed by atoms with Crippen molar-refractivity contribution < 1.29 is 27.1 Å². The van der Waals surface area contributed by atoms with E-state index in [1.54, 1.807) is 19.1 Å². The maximum atomic E-state index is 13.9. The van der Waals surface area contributed by atoms with Crippen molar-refractivity contribution in [3.63, 3.8) is 0 Å². The summed E-state index contributed by atoms with van der Waals surface area (Å²) in [5.41, 5.74) is 0.952. The molecule has 0 radical (unpaired) electrons. The Kier molecular flexibility index (Phi) is 5.67. The molecule has 0 bridgehead atoms. The van der Waals surface area contributed by atoms with Gasteiger partial charge < -0.3 is 15.4 Å². The topological polar surface area (TPSA) is 105 Å². The number of fused-ring (bicyclic) bond motifs is 1. The van der Waals surface area contributed by atoms with Crippen LogP contribution in [-0.2, 0) is 19.6 Å². The van der Waals surface area contributed by atoms with Crippen LogP contribution in [0.2, 0.25) is 0 Å². The van der Waals surface area contributed by atoms with Gasteiger partial charge in [-0.25, -0.2) is 12.8 Å². The Morgan fingerprint density at radius 1 is 1.29 bits per heavy atom. The Hall–Kier alpha value is -2.98. The summed E-state index contributed by atoms with van der Waals surface area (Å²) in [7, 11) is -3.90. The van der Waals surface area contributed by atoms with Crippen molar-refractivity contribution >= 4 is 33.2 Å². The summed E-state index contributed by atoms with van der Waals surface area (Å²) in [4.78, 5) is 24.2. The lowest BCUT2D eigenvalue weighted by Crippen LogP contribution is -2.44. The molecule has 2 aliphatic heterocycles. The van der Waals surface area contributed by atoms with Gasteiger partial charge in [-0.1, -0.05) is 12.1 Å². The molecular formula is C21H22FN3O5S. The number of sulfonamides is 1. The second-order valence-corrected chi connectivity index (χ2v) is 9.53. The Labute approximate surface area is 179 Å². The first-order valence-corrected chi connectivity index (χ1v) is 11.3. The molecule has 0 aliphatic carbocycles. The quantitative estimate of drug-likeness (QED) is 0.749. The van der Waals surface area contributed by atoms with Crippen molar-refractivity contribution in [1.82, 2.24) is 4.31 Å². The molecule has 2 aromatic carbocycles. The Morgan fingerprint density at radius 2 is 2.06 bits per heavy atom. The number of anilines is 2. The van der Waals surface area contributed by atoms with E-state index in [1.165, 1.54) is 28.6 Å². The van der Waals surface area contributed by atoms with Crippen LogP contribution in [0.25, 0.3) is 0 Å². The first-order valence-electron chi connectivity index (χ1n) is 9.88. The zero-order valence-electron chi connectivity index (χ0n) is 16.9. The van der Waals surface area contributed by atoms with Gasteiger partial charge in [0.05, 0.1) is 22.2 Å². The van der Waals surface area contributed by atoms with Gasteiger partial charge in [-0.05, 0) is 43.5 Å². The number of carbonyl (C=O) groups excluding carboxylic acids is 2. The predicted octanol–water partition coefficient (Wildman–Crippen LogP) is 2.50. The van der Waals surface area contributed by atoms with E-state index in [0.717, 1.165) is 0 Å². The minimum absolute atomic E-state index is 0.00324. The lowest BCUT2D eigenvalue weighted by atomic mass is 9.98. The third-order valence-electron chi connectivity index (χ3n) is 5.41. The summed E-state index contributed by atoms with van der Waals surface area (Å²) < 4.78 is 47.1. The normalized spacial score (nSPS) is 19.2. The number of benzene rings is 2. The number of nitrogens with zero attached hydrogens (tertiary/aromatic N) is 1. The molecule has 1 fully saturated rings. The maximum absolute atomic E-state index is 13.9. The van der Waals surface area contributed by atoms with Crippen LogP contribution in [0, 0.1) is 18.7 Å². The van der Waals surface area contributed by atoms with Crippen LogP contribution in [0.5, 0.6) is 5.75 Å². The van der Waals surface area contributed by atoms with Crippen LogP contribution in [-0.4, -0.2) is 44.2 Å². The lowest BCUT2D eigenvalue weighted by Gasteiger charge is -2.32. The number of para-hydroxylation sites is 1. The molecule has 2 N–H and O–H groups in total. The van der Waals surface area contributed by atoms with E-state index in [2.05, 4.69) is 10.6 Å². The van der Waals surface area contributed by atoms with E-state index in [9.17, 15) is 22.4 Å². The zero-order valence-corrected chi connectivity index (χ0v) is 17.7. The SMILES string of the molecule is Cc1cc2c(cc1S(=O)(=O)N1CCCC(C(=O)Nc3ccccc3F)C1)OCC(=O)N2. The fourth-order valence-corrected chi connectivity index (χ4v) is 5.55. The summed E-state index contributed by atoms with van der Waals surface area (Å²) >= 11 is 0. The van der Waals surface area contributed by atoms with E-state index in [-0.39, 0.29) is 41.9 Å². The second kappa shape index (κ2) is 8.27. The van der Waals surface area contributed by atoms with Gasteiger partial charge in [0.1, 0.15) is 11.6 Å². The molecule has 164 valence electrons. The Balaban J connectivity index is 1.54. The highest BCUT2D eigenvalue weighted by Gasteiger charge is 2.35. The molecule has 1 saturated heterocycles. The summed E-state index contributed by atoms with van der Waals surface area (Å²) in [6.07, 6.45) is 1.01. The van der Waals surface area contributed by atoms with Gasteiger partial charge in [-0.15, -0.1) is 0 Å². The molecule has 0 spiro atoms. The first-order chi connectivity index (χ1) is 14.8. The molecule has 2 aliphatic rings. The molecule has 31 heavy (non-hydrogen) atoms. The molecule has 2 heterocycles. The van der Waals surface area contributed by atoms with Crippen molar-refractivity contribution in [1.29, 1.82) is 0 Å². The molecule has 2 aromatic rings. The largest absolute Gasteiger partial charge is 0.482 e. The van der Waals surface area contributed by atoms with Gasteiger partial charge in [0, 0.05) is 19.2 Å². The van der Waals surface area contributed by atoms with Gasteiger partial charge in [-0.2, -0.15) is 4.31 Å². The monoisotopic (exact) mass is 447 g/mol. The number of nitrogens with one attached hydrogen (secondary N) is 2. The zero-order chi connectivity index (χ0) is 22.2. The highest BCUT2D eigenvalue weighted by Crippen LogP contribution is 2.35. The molecule has 0 aromatic heterocycles. The molecule has 4 rings (SSSR count). The summed E-state index contributed by atoms with van der Waals surface area (Å²) in [6, 6.07) is 8.81. The van der Waals surface area contributed by atoms with E-state index >= 15 is 0 Å². The predicted molar refractivity (Wildman–Crippen MR) is 112 cm³/mol. The molecule has 2 amide bonds. The fraction of sp³-hybridized carbons (Fsp3) is 0.333. The number of hydrogen-bond acceptors (Lipinski definition) is 5. The van der Waals surface area contributed by atoms with E-state index < -0.39 is 27.7 Å². The average Bonchev–Trinajstić information content (AvgIpc) is 2.74. The molecule has 8 nitrogen and oxygen atoms in total. The number of rotatable bonds is 4. The van der Waals surface area contributed by atoms with Crippen LogP contribution >= 0.6 is 0 Å². The highest BCUT2D eigenvalue weighted by molar-refractivity contribution is 7.89. The fourth-order valence-electron chi connectivity index (χ4n) is 3.81. The van der Waals surface area contributed by atoms with Crippen LogP contribution in [0.15, 0.2) is 41.3 Å². The van der Waals surface area contributed by atoms with Gasteiger partial charge in [0.2, 0.25) is 15.9 Å². The van der Waals surface area contributed by atoms with Crippen LogP contribution in [0.1, 0.15) is 18.4 Å². The summed E-state index contributed by atoms with van der Waals surface area (Å²) in [5, 5.41) is 5.21. The number of aryl methyl sites for hydroxylation is 1. The number of amides is 2. The number of hydrogen-bond donors (Lipinski definition) is 2. The third-order valence-corrected chi connectivity index (χ3v) is 7.42. The Morgan fingerprint density at radius 3 is 2.84 bits per heavy atom. The minimum Gasteiger partial charge on any atom is -0.482 e. The minimum atomic E-state index is -3.90. The highest BCUT2D eigenvalue weighted by atomic mass is 32.2. The molecule has 1 atom stereocenters. The van der Waals surface area contributed by atoms with Crippen molar-refractivity contribution in [2.24, 2.45) is 5.92 Å². The average molecular weight is 447 g/mol. The van der Waals surface area contributed by atoms with Crippen molar-refractivity contribution in [2.45, 2.75) is 24.7 Å². The number of ether oxygens (including phenoxy) is 1. The van der Waals surface area contributed by atoms with Crippen molar-refractivity contribution in [3.05, 3.63) is 47.8 Å². The lowest BCUT2D eigenvalue weighted by molar-refractivity contribution is -0.121. The molecular weight excluding hydrogens is 425 g/mol. The van der Waals surface area contributed by atoms with E-state index in [4.69, 9.17) is 4.74 Å². The molecule has 0 saturated carbocycles. The number of piperidine rings is 1. The van der Waals surface area contributed by atoms with Crippen molar-refractivity contribution in [3.8, 4) is 5.75 Å². The smallest absolute Gasteiger partial charge is 0.262 e. The maximum Gasteiger partial charge on any atom is 0.262 e. The summed E-state index contributed by atoms with van der Waals surface area (Å²) in [6.45, 7) is 1.73. The number of carbonyl (C=O) groups is 2. The van der Waals surface area contributed by atoms with Gasteiger partial charge in [-0.3, -0.25) is 9.59 Å². The number of halogens is 1. The van der Waals surface area contributed by atoms with E-state index in [0.29, 0.717) is 24.1 Å². The second-order valence-electron chi connectivity index (χ2n) is 7.62. The standard InChI is InChI=1S/C21H22FN3O5S/c1-13-9-17-18(30-12-20(26)23-17)10-19(13)31(28,29)25-8-4-5-14(11-25)21(27)24-16-7-3-2-6-15(16)22/h2-3,6-7,9-10,14H,4-5,8,11-12H2,1H3,(H,23,26)(H,24,27). The van der Waals surface area contributed by atoms with Crippen LogP contribution in [0.4, 0.5) is 15.8 Å². The van der Waals surface area contributed by atoms with E-state index in [1.807, 2.05) is 0 Å². The molecule has 1 unspecified atom stereocenters. The van der Waals surface area contributed by atoms with Crippen molar-refractivity contribution in [2.75, 3.05) is 30.3 Å². The third kappa shape index (κ3) is 4.26. The summed E-state index contributed by atoms with van der Waals surface area (Å²) in [5.74, 6) is -1.58. The van der Waals surface area contributed by atoms with Crippen LogP contribution < -0.4 is 15.4 Å². The van der Waals surface area contributed by atoms with Gasteiger partial charge >= 0.3 is 0 Å². The molecule has 10 heteroatoms. The van der Waals surface area contributed by atoms with Gasteiger partial charge in [0.25, 0.3) is 5.91 Å².